The lowest BCUT2D eigenvalue weighted by Gasteiger charge is -2.26. The van der Waals surface area contributed by atoms with Gasteiger partial charge in [0.1, 0.15) is 0 Å². The van der Waals surface area contributed by atoms with Crippen molar-refractivity contribution in [3.63, 3.8) is 0 Å². The maximum absolute atomic E-state index is 2.54. The second kappa shape index (κ2) is 17.1. The van der Waals surface area contributed by atoms with Crippen LogP contribution in [0.15, 0.2) is 279 Å². The number of aromatic nitrogens is 2. The minimum atomic E-state index is 1.07. The van der Waals surface area contributed by atoms with Crippen molar-refractivity contribution in [3.8, 4) is 22.5 Å². The van der Waals surface area contributed by atoms with Gasteiger partial charge in [0.05, 0.1) is 27.8 Å². The first-order valence-electron chi connectivity index (χ1n) is 24.7. The van der Waals surface area contributed by atoms with E-state index in [9.17, 15) is 0 Å². The van der Waals surface area contributed by atoms with E-state index in [0.717, 1.165) is 78.3 Å². The molecule has 0 saturated carbocycles. The largest absolute Gasteiger partial charge is 0.310 e. The quantitative estimate of drug-likeness (QED) is 0.143. The lowest BCUT2D eigenvalue weighted by atomic mass is 9.97. The summed E-state index contributed by atoms with van der Waals surface area (Å²) >= 11 is 0. The number of para-hydroxylation sites is 3. The maximum atomic E-state index is 2.54. The van der Waals surface area contributed by atoms with E-state index in [1.807, 2.05) is 0 Å². The van der Waals surface area contributed by atoms with Gasteiger partial charge in [0.15, 0.2) is 0 Å². The van der Waals surface area contributed by atoms with E-state index in [4.69, 9.17) is 0 Å². The molecule has 0 saturated heterocycles. The van der Waals surface area contributed by atoms with Gasteiger partial charge in [0.25, 0.3) is 0 Å². The minimum absolute atomic E-state index is 1.07. The molecule has 0 amide bonds. The molecule has 0 aliphatic heterocycles. The summed E-state index contributed by atoms with van der Waals surface area (Å²) in [6, 6.07) is 102. The van der Waals surface area contributed by atoms with Crippen molar-refractivity contribution in [2.75, 3.05) is 9.80 Å². The Kier molecular flexibility index (Phi) is 9.82. The molecular weight excluding hydrogens is 873 g/mol. The van der Waals surface area contributed by atoms with Crippen LogP contribution in [0.3, 0.4) is 0 Å². The molecule has 0 spiro atoms. The molecule has 0 bridgehead atoms. The lowest BCUT2D eigenvalue weighted by Crippen LogP contribution is -2.10. The fourth-order valence-electron chi connectivity index (χ4n) is 11.2. The molecule has 0 aliphatic rings. The highest BCUT2D eigenvalue weighted by Gasteiger charge is 2.26. The second-order valence-electron chi connectivity index (χ2n) is 18.6. The highest BCUT2D eigenvalue weighted by molar-refractivity contribution is 6.22. The summed E-state index contributed by atoms with van der Waals surface area (Å²) in [5.74, 6) is 0. The van der Waals surface area contributed by atoms with Crippen LogP contribution < -0.4 is 9.80 Å². The van der Waals surface area contributed by atoms with E-state index >= 15 is 0 Å². The molecule has 72 heavy (non-hydrogen) atoms. The summed E-state index contributed by atoms with van der Waals surface area (Å²) in [4.78, 5) is 4.79. The van der Waals surface area contributed by atoms with Crippen molar-refractivity contribution < 1.29 is 0 Å². The van der Waals surface area contributed by atoms with Crippen LogP contribution in [0.25, 0.3) is 87.7 Å². The molecular formula is C68H46N4. The number of nitrogens with zero attached hydrogens (tertiary/aromatic N) is 4. The molecule has 14 aromatic rings. The summed E-state index contributed by atoms with van der Waals surface area (Å²) < 4.78 is 5.03. The zero-order chi connectivity index (χ0) is 47.5. The van der Waals surface area contributed by atoms with E-state index in [1.165, 1.54) is 43.4 Å². The average molecular weight is 919 g/mol. The Morgan fingerprint density at radius 3 is 1.24 bits per heavy atom. The molecule has 4 heteroatoms. The Morgan fingerprint density at radius 1 is 0.250 bits per heavy atom. The van der Waals surface area contributed by atoms with E-state index in [-0.39, 0.29) is 0 Å². The number of anilines is 6. The predicted octanol–water partition coefficient (Wildman–Crippen LogP) is 18.8. The van der Waals surface area contributed by atoms with Crippen LogP contribution in [0.2, 0.25) is 0 Å². The van der Waals surface area contributed by atoms with Crippen LogP contribution in [0.1, 0.15) is 0 Å². The van der Waals surface area contributed by atoms with Gasteiger partial charge < -0.3 is 18.9 Å². The molecule has 0 aliphatic carbocycles. The number of hydrogen-bond donors (Lipinski definition) is 0. The summed E-state index contributed by atoms with van der Waals surface area (Å²) in [7, 11) is 0. The van der Waals surface area contributed by atoms with Gasteiger partial charge in [-0.05, 0) is 141 Å². The van der Waals surface area contributed by atoms with Crippen molar-refractivity contribution in [2.24, 2.45) is 0 Å². The van der Waals surface area contributed by atoms with Crippen LogP contribution in [0, 0.1) is 0 Å². The third-order valence-electron chi connectivity index (χ3n) is 14.4. The molecule has 0 N–H and O–H groups in total. The van der Waals surface area contributed by atoms with Gasteiger partial charge >= 0.3 is 0 Å². The van der Waals surface area contributed by atoms with Gasteiger partial charge in [-0.2, -0.15) is 0 Å². The Hall–Kier alpha value is -9.64. The number of rotatable bonds is 9. The highest BCUT2D eigenvalue weighted by Crippen LogP contribution is 2.47. The summed E-state index contributed by atoms with van der Waals surface area (Å²) in [5.41, 5.74) is 15.7. The second-order valence-corrected chi connectivity index (χ2v) is 18.6. The van der Waals surface area contributed by atoms with Gasteiger partial charge in [-0.25, -0.2) is 0 Å². The molecule has 0 unspecified atom stereocenters. The molecule has 12 aromatic carbocycles. The van der Waals surface area contributed by atoms with Crippen molar-refractivity contribution in [2.45, 2.75) is 0 Å². The fraction of sp³-hybridized carbons (Fsp3) is 0. The van der Waals surface area contributed by atoms with Crippen LogP contribution in [0.4, 0.5) is 34.1 Å². The maximum Gasteiger partial charge on any atom is 0.0804 e. The third-order valence-corrected chi connectivity index (χ3v) is 14.4. The summed E-state index contributed by atoms with van der Waals surface area (Å²) in [5, 5.41) is 9.50. The molecule has 14 rings (SSSR count). The predicted molar refractivity (Wildman–Crippen MR) is 305 cm³/mol. The highest BCUT2D eigenvalue weighted by atomic mass is 15.2. The van der Waals surface area contributed by atoms with Crippen molar-refractivity contribution in [1.82, 2.24) is 9.13 Å². The zero-order valence-corrected chi connectivity index (χ0v) is 39.3. The van der Waals surface area contributed by atoms with E-state index in [2.05, 4.69) is 298 Å². The van der Waals surface area contributed by atoms with Crippen LogP contribution in [0.5, 0.6) is 0 Å². The molecule has 4 nitrogen and oxygen atoms in total. The van der Waals surface area contributed by atoms with E-state index < -0.39 is 0 Å². The van der Waals surface area contributed by atoms with Gasteiger partial charge in [-0.3, -0.25) is 0 Å². The van der Waals surface area contributed by atoms with Crippen LogP contribution >= 0.6 is 0 Å². The van der Waals surface area contributed by atoms with E-state index in [1.54, 1.807) is 0 Å². The van der Waals surface area contributed by atoms with Crippen LogP contribution in [-0.2, 0) is 0 Å². The number of benzene rings is 12. The molecule has 0 atom stereocenters. The monoisotopic (exact) mass is 918 g/mol. The van der Waals surface area contributed by atoms with Crippen molar-refractivity contribution >= 4 is 99.3 Å². The van der Waals surface area contributed by atoms with Gasteiger partial charge in [-0.15, -0.1) is 0 Å². The lowest BCUT2D eigenvalue weighted by molar-refractivity contribution is 1.18. The fourth-order valence-corrected chi connectivity index (χ4v) is 11.2. The Bertz CT molecular complexity index is 4210. The standard InChI is InChI=1S/C68H46N4/c1-5-21-49(22-6-1)59-39-42-64(61-32-18-17-31-60(59)61)72-66-41-38-57(69(52-25-7-2-8-26-52)53-27-9-3-10-28-53)45-63(66)67-68(72)62-46-58(37-40-65(62)71(67)54-29-11-4-12-30-54)70(55-35-33-47-19-13-15-23-50(47)43-55)56-36-34-48-20-14-16-24-51(48)44-56/h1-46H. The minimum Gasteiger partial charge on any atom is -0.310 e. The zero-order valence-electron chi connectivity index (χ0n) is 39.3. The number of fused-ring (bicyclic) bond motifs is 8. The van der Waals surface area contributed by atoms with Gasteiger partial charge in [0.2, 0.25) is 0 Å². The average Bonchev–Trinajstić information content (AvgIpc) is 3.96. The topological polar surface area (TPSA) is 16.3 Å². The summed E-state index contributed by atoms with van der Waals surface area (Å²) in [6.07, 6.45) is 0. The SMILES string of the molecule is c1ccc(-c2ccc(-n3c4ccc(N(c5ccccc5)c5ccccc5)cc4c4c3c3cc(N(c5ccc6ccccc6c5)c5ccc6ccccc6c5)ccc3n4-c3ccccc3)c3ccccc23)cc1. The summed E-state index contributed by atoms with van der Waals surface area (Å²) in [6.45, 7) is 0. The first kappa shape index (κ1) is 41.3. The van der Waals surface area contributed by atoms with E-state index in [0.29, 0.717) is 0 Å². The van der Waals surface area contributed by atoms with Crippen molar-refractivity contribution in [3.05, 3.63) is 279 Å². The normalized spacial score (nSPS) is 11.6. The van der Waals surface area contributed by atoms with Crippen LogP contribution in [-0.4, -0.2) is 9.13 Å². The van der Waals surface area contributed by atoms with Crippen molar-refractivity contribution in [1.29, 1.82) is 0 Å². The number of hydrogen-bond acceptors (Lipinski definition) is 2. The Labute approximate surface area is 417 Å². The third kappa shape index (κ3) is 6.84. The molecule has 0 radical (unpaired) electrons. The first-order chi connectivity index (χ1) is 35.7. The van der Waals surface area contributed by atoms with Gasteiger partial charge in [-0.1, -0.05) is 176 Å². The smallest absolute Gasteiger partial charge is 0.0804 e. The Balaban J connectivity index is 1.11. The Morgan fingerprint density at radius 2 is 0.667 bits per heavy atom. The molecule has 2 heterocycles. The molecule has 338 valence electrons. The first-order valence-corrected chi connectivity index (χ1v) is 24.7. The van der Waals surface area contributed by atoms with Gasteiger partial charge in [0, 0.05) is 56.0 Å². The molecule has 0 fully saturated rings. The molecule has 2 aromatic heterocycles.